The van der Waals surface area contributed by atoms with Crippen LogP contribution in [0.3, 0.4) is 0 Å². The average Bonchev–Trinajstić information content (AvgIpc) is 2.41. The predicted molar refractivity (Wildman–Crippen MR) is 73.2 cm³/mol. The minimum absolute atomic E-state index is 0.187. The minimum atomic E-state index is -0.969. The highest BCUT2D eigenvalue weighted by Crippen LogP contribution is 2.30. The van der Waals surface area contributed by atoms with E-state index in [9.17, 15) is 4.79 Å². The van der Waals surface area contributed by atoms with Gasteiger partial charge in [0.25, 0.3) is 0 Å². The quantitative estimate of drug-likeness (QED) is 0.854. The van der Waals surface area contributed by atoms with Gasteiger partial charge in [0.05, 0.1) is 6.20 Å². The highest BCUT2D eigenvalue weighted by Gasteiger charge is 2.18. The second-order valence-electron chi connectivity index (χ2n) is 5.44. The zero-order valence-electron chi connectivity index (χ0n) is 11.3. The fraction of sp³-hybridized carbons (Fsp3) is 0.643. The lowest BCUT2D eigenvalue weighted by Gasteiger charge is -2.26. The predicted octanol–water partition coefficient (Wildman–Crippen LogP) is 2.80. The topological polar surface area (TPSA) is 75.1 Å². The summed E-state index contributed by atoms with van der Waals surface area (Å²) in [5, 5.41) is 19.7. The summed E-state index contributed by atoms with van der Waals surface area (Å²) in [5.41, 5.74) is 0.187. The minimum Gasteiger partial charge on any atom is -0.478 e. The van der Waals surface area contributed by atoms with Gasteiger partial charge in [0.15, 0.2) is 5.82 Å². The molecule has 2 N–H and O–H groups in total. The van der Waals surface area contributed by atoms with Crippen LogP contribution in [0.25, 0.3) is 0 Å². The molecule has 0 aliphatic heterocycles. The first-order valence-corrected chi connectivity index (χ1v) is 6.95. The monoisotopic (exact) mass is 263 g/mol. The number of aromatic carboxylic acids is 1. The molecular formula is C14H21N3O2. The molecule has 0 unspecified atom stereocenters. The van der Waals surface area contributed by atoms with Crippen LogP contribution in [0, 0.1) is 11.8 Å². The van der Waals surface area contributed by atoms with Gasteiger partial charge in [0.2, 0.25) is 0 Å². The number of carboxylic acid groups (broad SMARTS) is 1. The maximum Gasteiger partial charge on any atom is 0.339 e. The number of nitrogens with one attached hydrogen (secondary N) is 1. The molecule has 0 atom stereocenters. The van der Waals surface area contributed by atoms with E-state index in [1.807, 2.05) is 0 Å². The smallest absolute Gasteiger partial charge is 0.339 e. The molecule has 0 aromatic carbocycles. The zero-order chi connectivity index (χ0) is 13.7. The third kappa shape index (κ3) is 3.91. The van der Waals surface area contributed by atoms with Crippen molar-refractivity contribution in [3.05, 3.63) is 17.8 Å². The lowest BCUT2D eigenvalue weighted by molar-refractivity contribution is 0.0697. The van der Waals surface area contributed by atoms with Crippen molar-refractivity contribution in [1.82, 2.24) is 10.2 Å². The summed E-state index contributed by atoms with van der Waals surface area (Å²) in [7, 11) is 0. The maximum atomic E-state index is 11.0. The SMILES string of the molecule is CC1CCC(CCNc2nnccc2C(=O)O)CC1. The maximum absolute atomic E-state index is 11.0. The van der Waals surface area contributed by atoms with Crippen LogP contribution in [-0.2, 0) is 0 Å². The van der Waals surface area contributed by atoms with E-state index >= 15 is 0 Å². The van der Waals surface area contributed by atoms with Gasteiger partial charge in [-0.15, -0.1) is 5.10 Å². The number of nitrogens with zero attached hydrogens (tertiary/aromatic N) is 2. The first kappa shape index (κ1) is 13.8. The van der Waals surface area contributed by atoms with Crippen LogP contribution < -0.4 is 5.32 Å². The van der Waals surface area contributed by atoms with Crippen LogP contribution in [0.15, 0.2) is 12.3 Å². The first-order valence-electron chi connectivity index (χ1n) is 6.95. The molecule has 1 aliphatic carbocycles. The van der Waals surface area contributed by atoms with Crippen molar-refractivity contribution < 1.29 is 9.90 Å². The average molecular weight is 263 g/mol. The van der Waals surface area contributed by atoms with E-state index in [-0.39, 0.29) is 5.56 Å². The molecule has 0 saturated heterocycles. The summed E-state index contributed by atoms with van der Waals surface area (Å²) in [6, 6.07) is 1.47. The summed E-state index contributed by atoms with van der Waals surface area (Å²) in [6.07, 6.45) is 7.68. The molecule has 19 heavy (non-hydrogen) atoms. The lowest BCUT2D eigenvalue weighted by Crippen LogP contribution is -2.17. The Labute approximate surface area is 113 Å². The molecule has 5 nitrogen and oxygen atoms in total. The fourth-order valence-corrected chi connectivity index (χ4v) is 2.65. The van der Waals surface area contributed by atoms with E-state index in [1.165, 1.54) is 37.9 Å². The Bertz CT molecular complexity index is 428. The number of hydrogen-bond acceptors (Lipinski definition) is 4. The van der Waals surface area contributed by atoms with Crippen molar-refractivity contribution in [2.45, 2.75) is 39.0 Å². The van der Waals surface area contributed by atoms with E-state index in [0.717, 1.165) is 24.8 Å². The highest BCUT2D eigenvalue weighted by atomic mass is 16.4. The summed E-state index contributed by atoms with van der Waals surface area (Å²) in [5.74, 6) is 1.03. The van der Waals surface area contributed by atoms with Gasteiger partial charge in [-0.3, -0.25) is 0 Å². The summed E-state index contributed by atoms with van der Waals surface area (Å²) in [6.45, 7) is 3.07. The third-order valence-corrected chi connectivity index (χ3v) is 3.93. The van der Waals surface area contributed by atoms with Crippen LogP contribution in [0.4, 0.5) is 5.82 Å². The Balaban J connectivity index is 1.81. The van der Waals surface area contributed by atoms with Crippen LogP contribution in [-0.4, -0.2) is 27.8 Å². The van der Waals surface area contributed by atoms with Crippen molar-refractivity contribution >= 4 is 11.8 Å². The van der Waals surface area contributed by atoms with Crippen molar-refractivity contribution in [2.75, 3.05) is 11.9 Å². The molecule has 1 aromatic heterocycles. The van der Waals surface area contributed by atoms with Crippen LogP contribution in [0.1, 0.15) is 49.4 Å². The summed E-state index contributed by atoms with van der Waals surface area (Å²) >= 11 is 0. The van der Waals surface area contributed by atoms with Gasteiger partial charge in [-0.05, 0) is 24.3 Å². The van der Waals surface area contributed by atoms with Crippen molar-refractivity contribution in [3.63, 3.8) is 0 Å². The van der Waals surface area contributed by atoms with E-state index in [0.29, 0.717) is 5.82 Å². The van der Waals surface area contributed by atoms with E-state index in [4.69, 9.17) is 5.11 Å². The van der Waals surface area contributed by atoms with Gasteiger partial charge in [-0.25, -0.2) is 4.79 Å². The Morgan fingerprint density at radius 1 is 1.42 bits per heavy atom. The van der Waals surface area contributed by atoms with Crippen LogP contribution in [0.2, 0.25) is 0 Å². The number of rotatable bonds is 5. The molecule has 1 aromatic rings. The molecule has 0 radical (unpaired) electrons. The van der Waals surface area contributed by atoms with Crippen LogP contribution >= 0.6 is 0 Å². The Hall–Kier alpha value is -1.65. The molecule has 0 amide bonds. The highest BCUT2D eigenvalue weighted by molar-refractivity contribution is 5.92. The number of hydrogen-bond donors (Lipinski definition) is 2. The number of carboxylic acids is 1. The van der Waals surface area contributed by atoms with Crippen molar-refractivity contribution in [3.8, 4) is 0 Å². The molecule has 0 spiro atoms. The third-order valence-electron chi connectivity index (χ3n) is 3.93. The van der Waals surface area contributed by atoms with Gasteiger partial charge in [-0.2, -0.15) is 5.10 Å². The molecule has 2 rings (SSSR count). The Kier molecular flexibility index (Phi) is 4.71. The van der Waals surface area contributed by atoms with Gasteiger partial charge in [-0.1, -0.05) is 32.6 Å². The number of anilines is 1. The Morgan fingerprint density at radius 2 is 2.16 bits per heavy atom. The second kappa shape index (κ2) is 6.50. The normalized spacial score (nSPS) is 23.0. The number of carbonyl (C=O) groups is 1. The van der Waals surface area contributed by atoms with Crippen molar-refractivity contribution in [1.29, 1.82) is 0 Å². The number of aromatic nitrogens is 2. The fourth-order valence-electron chi connectivity index (χ4n) is 2.65. The lowest BCUT2D eigenvalue weighted by atomic mass is 9.81. The standard InChI is InChI=1S/C14H21N3O2/c1-10-2-4-11(5-3-10)6-8-15-13-12(14(18)19)7-9-16-17-13/h7,9-11H,2-6,8H2,1H3,(H,15,17)(H,18,19). The second-order valence-corrected chi connectivity index (χ2v) is 5.44. The van der Waals surface area contributed by atoms with Gasteiger partial charge < -0.3 is 10.4 Å². The van der Waals surface area contributed by atoms with E-state index in [1.54, 1.807) is 0 Å². The summed E-state index contributed by atoms with van der Waals surface area (Å²) in [4.78, 5) is 11.0. The molecular weight excluding hydrogens is 242 g/mol. The van der Waals surface area contributed by atoms with Gasteiger partial charge in [0.1, 0.15) is 5.56 Å². The Morgan fingerprint density at radius 3 is 2.84 bits per heavy atom. The van der Waals surface area contributed by atoms with Crippen LogP contribution in [0.5, 0.6) is 0 Å². The molecule has 1 aliphatic rings. The molecule has 104 valence electrons. The zero-order valence-corrected chi connectivity index (χ0v) is 11.3. The van der Waals surface area contributed by atoms with E-state index < -0.39 is 5.97 Å². The molecule has 1 heterocycles. The van der Waals surface area contributed by atoms with E-state index in [2.05, 4.69) is 22.4 Å². The van der Waals surface area contributed by atoms with Gasteiger partial charge in [0, 0.05) is 6.54 Å². The molecule has 1 saturated carbocycles. The molecule has 5 heteroatoms. The molecule has 1 fully saturated rings. The first-order chi connectivity index (χ1) is 9.16. The molecule has 0 bridgehead atoms. The summed E-state index contributed by atoms with van der Waals surface area (Å²) < 4.78 is 0. The largest absolute Gasteiger partial charge is 0.478 e. The van der Waals surface area contributed by atoms with Gasteiger partial charge >= 0.3 is 5.97 Å². The van der Waals surface area contributed by atoms with Crippen molar-refractivity contribution in [2.24, 2.45) is 11.8 Å².